The Labute approximate surface area is 433 Å². The van der Waals surface area contributed by atoms with Crippen LogP contribution in [0.5, 0.6) is 0 Å². The van der Waals surface area contributed by atoms with Gasteiger partial charge in [-0.2, -0.15) is 0 Å². The van der Waals surface area contributed by atoms with E-state index in [1.807, 2.05) is 133 Å². The summed E-state index contributed by atoms with van der Waals surface area (Å²) in [6.45, 7) is 7.72. The van der Waals surface area contributed by atoms with E-state index in [1.54, 1.807) is 18.2 Å². The number of hydrogen-bond donors (Lipinski definition) is 0. The molecule has 0 fully saturated rings. The molecule has 0 N–H and O–H groups in total. The van der Waals surface area contributed by atoms with Crippen LogP contribution < -0.4 is 0 Å². The largest absolute Gasteiger partial charge is 0.289 e. The van der Waals surface area contributed by atoms with Crippen LogP contribution in [0.15, 0.2) is 290 Å². The Kier molecular flexibility index (Phi) is 14.4. The lowest BCUT2D eigenvalue weighted by Gasteiger charge is -2.18. The Hall–Kier alpha value is -10.0. The minimum atomic E-state index is -0.118. The third-order valence-corrected chi connectivity index (χ3v) is 13.0. The molecule has 0 bridgehead atoms. The third kappa shape index (κ3) is 10.5. The van der Waals surface area contributed by atoms with E-state index in [0.717, 1.165) is 102 Å². The molecule has 0 saturated heterocycles. The topological polar surface area (TPSA) is 34.1 Å². The van der Waals surface area contributed by atoms with Crippen LogP contribution in [0.1, 0.15) is 57.3 Å². The monoisotopic (exact) mass is 944 g/mol. The number of carbonyl (C=O) groups excluding carboxylic acids is 2. The molecule has 8 aromatic rings. The predicted molar refractivity (Wildman–Crippen MR) is 306 cm³/mol. The minimum Gasteiger partial charge on any atom is -0.289 e. The fraction of sp³-hybridized carbons (Fsp3) is 0.0278. The SMILES string of the molecule is C=C(C(=O)C(=C)C1=CCCC=C1)C1=CC=C=C=C1.O=C1C(c2ccccc2)=C(c2ccc(C#Cc3ccccc3)cc2)C(c2ccc(-c3ccc(C#Cc4ccccc4)cc3)c3ccccc23)=C1c1ccccc1. The molecular weight excluding hydrogens is 897 g/mol. The molecule has 2 heteroatoms. The number of benzene rings is 8. The van der Waals surface area contributed by atoms with Gasteiger partial charge in [0, 0.05) is 55.7 Å². The van der Waals surface area contributed by atoms with Crippen molar-refractivity contribution in [1.29, 1.82) is 0 Å². The van der Waals surface area contributed by atoms with Crippen LogP contribution in [-0.2, 0) is 9.59 Å². The van der Waals surface area contributed by atoms with Crippen LogP contribution in [0.2, 0.25) is 0 Å². The number of Topliss-reactive ketones (excluding diaryl/α,β-unsaturated/α-hetero) is 2. The van der Waals surface area contributed by atoms with E-state index in [0.29, 0.717) is 22.3 Å². The number of allylic oxidation sites excluding steroid dienone is 14. The van der Waals surface area contributed by atoms with Crippen molar-refractivity contribution in [3.05, 3.63) is 334 Å². The maximum atomic E-state index is 15.1. The molecule has 0 aromatic heterocycles. The molecule has 0 saturated carbocycles. The average Bonchev–Trinajstić information content (AvgIpc) is 3.79. The molecule has 8 aromatic carbocycles. The quantitative estimate of drug-likeness (QED) is 0.0821. The third-order valence-electron chi connectivity index (χ3n) is 13.0. The van der Waals surface area contributed by atoms with Crippen molar-refractivity contribution in [2.45, 2.75) is 12.8 Å². The lowest BCUT2D eigenvalue weighted by atomic mass is 9.85. The summed E-state index contributed by atoms with van der Waals surface area (Å²) in [4.78, 5) is 27.3. The highest BCUT2D eigenvalue weighted by molar-refractivity contribution is 6.59. The maximum Gasteiger partial charge on any atom is 0.195 e. The Morgan fingerprint density at radius 2 is 0.865 bits per heavy atom. The first-order chi connectivity index (χ1) is 36.4. The molecule has 74 heavy (non-hydrogen) atoms. The highest BCUT2D eigenvalue weighted by atomic mass is 16.1. The van der Waals surface area contributed by atoms with Crippen LogP contribution in [-0.4, -0.2) is 11.6 Å². The van der Waals surface area contributed by atoms with Gasteiger partial charge in [-0.1, -0.05) is 224 Å². The molecule has 348 valence electrons. The summed E-state index contributed by atoms with van der Waals surface area (Å²) in [5.41, 5.74) is 21.3. The average molecular weight is 945 g/mol. The predicted octanol–water partition coefficient (Wildman–Crippen LogP) is 16.2. The highest BCUT2D eigenvalue weighted by Crippen LogP contribution is 2.51. The number of ketones is 2. The van der Waals surface area contributed by atoms with E-state index in [1.165, 1.54) is 0 Å². The molecule has 3 aliphatic rings. The van der Waals surface area contributed by atoms with Crippen molar-refractivity contribution in [3.63, 3.8) is 0 Å². The summed E-state index contributed by atoms with van der Waals surface area (Å²) in [6.07, 6.45) is 13.3. The van der Waals surface area contributed by atoms with Crippen LogP contribution in [0.4, 0.5) is 0 Å². The van der Waals surface area contributed by atoms with Crippen molar-refractivity contribution in [2.75, 3.05) is 0 Å². The highest BCUT2D eigenvalue weighted by Gasteiger charge is 2.36. The lowest BCUT2D eigenvalue weighted by molar-refractivity contribution is -0.111. The molecule has 0 atom stereocenters. The first-order valence-corrected chi connectivity index (χ1v) is 24.6. The standard InChI is InChI=1S/C55H34O.C17H14O/c56-55-52(44-19-9-3-10-20-44)51(46-35-31-42(32-36-46)28-26-40-17-7-2-8-18-40)54(53(55)45-21-11-4-12-22-45)50-38-37-47(48-23-13-14-24-49(48)50)43-33-29-41(30-34-43)27-25-39-15-5-1-6-16-39;1-13(15-9-5-3-6-10-15)17(18)14(2)16-11-7-4-8-12-16/h1-24,29-38H;5,7,9-12H,1-3,6H2. The van der Waals surface area contributed by atoms with Gasteiger partial charge in [0.25, 0.3) is 0 Å². The number of rotatable bonds is 9. The van der Waals surface area contributed by atoms with Crippen molar-refractivity contribution in [3.8, 4) is 34.8 Å². The normalized spacial score (nSPS) is 13.2. The molecular formula is C72H48O2. The Morgan fingerprint density at radius 1 is 0.419 bits per heavy atom. The van der Waals surface area contributed by atoms with Gasteiger partial charge >= 0.3 is 0 Å². The summed E-state index contributed by atoms with van der Waals surface area (Å²) in [5.74, 6) is 13.1. The second-order valence-electron chi connectivity index (χ2n) is 17.8. The number of carbonyl (C=O) groups is 2. The zero-order chi connectivity index (χ0) is 50.6. The van der Waals surface area contributed by atoms with Gasteiger partial charge in [0.2, 0.25) is 0 Å². The molecule has 0 aliphatic heterocycles. The van der Waals surface area contributed by atoms with E-state index in [-0.39, 0.29) is 11.6 Å². The van der Waals surface area contributed by atoms with E-state index < -0.39 is 0 Å². The van der Waals surface area contributed by atoms with Gasteiger partial charge in [0.1, 0.15) is 0 Å². The molecule has 2 nitrogen and oxygen atoms in total. The Bertz CT molecular complexity index is 3910. The van der Waals surface area contributed by atoms with Gasteiger partial charge in [-0.25, -0.2) is 0 Å². The second-order valence-corrected chi connectivity index (χ2v) is 17.8. The first kappa shape index (κ1) is 47.6. The maximum absolute atomic E-state index is 15.1. The van der Waals surface area contributed by atoms with Crippen LogP contribution in [0.3, 0.4) is 0 Å². The zero-order valence-electron chi connectivity index (χ0n) is 40.7. The lowest BCUT2D eigenvalue weighted by Crippen LogP contribution is -2.08. The number of fused-ring (bicyclic) bond motifs is 1. The molecule has 0 amide bonds. The molecule has 3 aliphatic carbocycles. The van der Waals surface area contributed by atoms with E-state index in [4.69, 9.17) is 0 Å². The van der Waals surface area contributed by atoms with Gasteiger partial charge in [0.05, 0.1) is 0 Å². The van der Waals surface area contributed by atoms with Gasteiger partial charge in [-0.3, -0.25) is 9.59 Å². The molecule has 11 rings (SSSR count). The Balaban J connectivity index is 0.000000294. The summed E-state index contributed by atoms with van der Waals surface area (Å²) in [7, 11) is 0. The molecule has 0 heterocycles. The molecule has 0 radical (unpaired) electrons. The number of hydrogen-bond acceptors (Lipinski definition) is 2. The van der Waals surface area contributed by atoms with E-state index in [9.17, 15) is 4.79 Å². The van der Waals surface area contributed by atoms with Crippen LogP contribution in [0.25, 0.3) is 44.2 Å². The smallest absolute Gasteiger partial charge is 0.195 e. The summed E-state index contributed by atoms with van der Waals surface area (Å²) in [5, 5.41) is 2.19. The van der Waals surface area contributed by atoms with Gasteiger partial charge in [0.15, 0.2) is 11.6 Å². The first-order valence-electron chi connectivity index (χ1n) is 24.6. The van der Waals surface area contributed by atoms with Gasteiger partial charge in [-0.05, 0) is 135 Å². The van der Waals surface area contributed by atoms with Crippen LogP contribution in [0, 0.1) is 23.7 Å². The summed E-state index contributed by atoms with van der Waals surface area (Å²) >= 11 is 0. The van der Waals surface area contributed by atoms with Crippen molar-refractivity contribution < 1.29 is 9.59 Å². The van der Waals surface area contributed by atoms with Gasteiger partial charge < -0.3 is 0 Å². The Morgan fingerprint density at radius 3 is 1.38 bits per heavy atom. The minimum absolute atomic E-state index is 0.0145. The summed E-state index contributed by atoms with van der Waals surface area (Å²) in [6, 6.07) is 69.9. The van der Waals surface area contributed by atoms with Crippen molar-refractivity contribution >= 4 is 44.6 Å². The fourth-order valence-electron chi connectivity index (χ4n) is 9.29. The van der Waals surface area contributed by atoms with Crippen molar-refractivity contribution in [1.82, 2.24) is 0 Å². The van der Waals surface area contributed by atoms with E-state index >= 15 is 4.79 Å². The zero-order valence-corrected chi connectivity index (χ0v) is 40.7. The summed E-state index contributed by atoms with van der Waals surface area (Å²) < 4.78 is 0. The fourth-order valence-corrected chi connectivity index (χ4v) is 9.29. The molecule has 0 spiro atoms. The van der Waals surface area contributed by atoms with Crippen molar-refractivity contribution in [2.24, 2.45) is 0 Å². The van der Waals surface area contributed by atoms with Gasteiger partial charge in [-0.15, -0.1) is 0 Å². The second kappa shape index (κ2) is 22.4. The van der Waals surface area contributed by atoms with E-state index in [2.05, 4.69) is 139 Å². The molecule has 0 unspecified atom stereocenters. The van der Waals surface area contributed by atoms with Crippen LogP contribution >= 0.6 is 0 Å².